The molecule has 0 saturated carbocycles. The van der Waals surface area contributed by atoms with E-state index in [-0.39, 0.29) is 23.0 Å². The van der Waals surface area contributed by atoms with Crippen LogP contribution in [0.3, 0.4) is 0 Å². The molecule has 0 heterocycles. The molecular formula is C13H16N2O3. The van der Waals surface area contributed by atoms with Gasteiger partial charge >= 0.3 is 0 Å². The summed E-state index contributed by atoms with van der Waals surface area (Å²) in [5.41, 5.74) is 0.626. The number of nitrogens with zero attached hydrogens (tertiary/aromatic N) is 1. The number of benzene rings is 1. The van der Waals surface area contributed by atoms with E-state index in [1.165, 1.54) is 31.2 Å². The normalized spacial score (nSPS) is 10.4. The molecule has 0 spiro atoms. The molecule has 0 aliphatic carbocycles. The molecule has 1 aromatic carbocycles. The molecule has 5 heteroatoms. The number of hydrogen-bond donors (Lipinski definition) is 2. The largest absolute Gasteiger partial charge is 0.507 e. The number of amides is 1. The molecule has 0 unspecified atom stereocenters. The van der Waals surface area contributed by atoms with Gasteiger partial charge in [0.1, 0.15) is 5.75 Å². The Morgan fingerprint density at radius 1 is 1.33 bits per heavy atom. The van der Waals surface area contributed by atoms with Crippen LogP contribution in [0.4, 0.5) is 5.69 Å². The minimum absolute atomic E-state index is 0.113. The van der Waals surface area contributed by atoms with Crippen LogP contribution in [0.1, 0.15) is 17.3 Å². The van der Waals surface area contributed by atoms with Crippen LogP contribution >= 0.6 is 0 Å². The molecule has 0 saturated heterocycles. The van der Waals surface area contributed by atoms with Crippen LogP contribution in [-0.4, -0.2) is 35.8 Å². The van der Waals surface area contributed by atoms with Crippen LogP contribution in [0.25, 0.3) is 0 Å². The highest BCUT2D eigenvalue weighted by molar-refractivity contribution is 6.07. The number of allylic oxidation sites excluding steroid dienone is 1. The summed E-state index contributed by atoms with van der Waals surface area (Å²) in [6.07, 6.45) is 2.94. The van der Waals surface area contributed by atoms with Gasteiger partial charge in [0.2, 0.25) is 5.91 Å². The SMILES string of the molecule is CC(=O)Nc1ccc(O)c(C(=O)C=CN(C)C)c1. The predicted octanol–water partition coefficient (Wildman–Crippen LogP) is 1.61. The number of rotatable bonds is 4. The van der Waals surface area contributed by atoms with Crippen LogP contribution in [0.15, 0.2) is 30.5 Å². The summed E-state index contributed by atoms with van der Waals surface area (Å²) in [4.78, 5) is 24.5. The zero-order chi connectivity index (χ0) is 13.7. The third-order valence-electron chi connectivity index (χ3n) is 2.11. The van der Waals surface area contributed by atoms with E-state index in [0.717, 1.165) is 0 Å². The zero-order valence-corrected chi connectivity index (χ0v) is 10.6. The van der Waals surface area contributed by atoms with Gasteiger partial charge in [0.15, 0.2) is 5.78 Å². The second-order valence-electron chi connectivity index (χ2n) is 4.06. The first kappa shape index (κ1) is 13.8. The Balaban J connectivity index is 3.00. The first-order valence-corrected chi connectivity index (χ1v) is 5.39. The van der Waals surface area contributed by atoms with Crippen molar-refractivity contribution >= 4 is 17.4 Å². The van der Waals surface area contributed by atoms with Crippen molar-refractivity contribution in [3.05, 3.63) is 36.0 Å². The predicted molar refractivity (Wildman–Crippen MR) is 69.6 cm³/mol. The highest BCUT2D eigenvalue weighted by atomic mass is 16.3. The lowest BCUT2D eigenvalue weighted by molar-refractivity contribution is -0.114. The number of carbonyl (C=O) groups is 2. The van der Waals surface area contributed by atoms with Crippen molar-refractivity contribution in [3.63, 3.8) is 0 Å². The van der Waals surface area contributed by atoms with Crippen molar-refractivity contribution in [2.24, 2.45) is 0 Å². The summed E-state index contributed by atoms with van der Waals surface area (Å²) in [5, 5.41) is 12.2. The smallest absolute Gasteiger partial charge is 0.221 e. The zero-order valence-electron chi connectivity index (χ0n) is 10.6. The highest BCUT2D eigenvalue weighted by Crippen LogP contribution is 2.22. The van der Waals surface area contributed by atoms with Crippen LogP contribution in [0.5, 0.6) is 5.75 Å². The second-order valence-corrected chi connectivity index (χ2v) is 4.06. The molecular weight excluding hydrogens is 232 g/mol. The number of hydrogen-bond acceptors (Lipinski definition) is 4. The van der Waals surface area contributed by atoms with Crippen molar-refractivity contribution in [2.45, 2.75) is 6.92 Å². The van der Waals surface area contributed by atoms with Gasteiger partial charge in [0, 0.05) is 39.0 Å². The minimum Gasteiger partial charge on any atom is -0.507 e. The topological polar surface area (TPSA) is 69.6 Å². The molecule has 18 heavy (non-hydrogen) atoms. The van der Waals surface area contributed by atoms with Gasteiger partial charge in [-0.05, 0) is 18.2 Å². The molecule has 0 aromatic heterocycles. The monoisotopic (exact) mass is 248 g/mol. The summed E-state index contributed by atoms with van der Waals surface area (Å²) in [6.45, 7) is 1.38. The third kappa shape index (κ3) is 3.93. The van der Waals surface area contributed by atoms with Gasteiger partial charge < -0.3 is 15.3 Å². The average molecular weight is 248 g/mol. The fraction of sp³-hybridized carbons (Fsp3) is 0.231. The summed E-state index contributed by atoms with van der Waals surface area (Å²) in [6, 6.07) is 4.35. The Morgan fingerprint density at radius 2 is 2.00 bits per heavy atom. The van der Waals surface area contributed by atoms with Gasteiger partial charge in [-0.15, -0.1) is 0 Å². The number of phenols is 1. The summed E-state index contributed by atoms with van der Waals surface area (Å²) < 4.78 is 0. The average Bonchev–Trinajstić information content (AvgIpc) is 2.28. The number of ketones is 1. The minimum atomic E-state index is -0.326. The Labute approximate surface area is 106 Å². The van der Waals surface area contributed by atoms with Crippen molar-refractivity contribution in [3.8, 4) is 5.75 Å². The van der Waals surface area contributed by atoms with E-state index in [0.29, 0.717) is 5.69 Å². The maximum atomic E-state index is 11.8. The van der Waals surface area contributed by atoms with Crippen LogP contribution in [0.2, 0.25) is 0 Å². The van der Waals surface area contributed by atoms with Crippen LogP contribution in [0, 0.1) is 0 Å². The molecule has 0 bridgehead atoms. The first-order valence-electron chi connectivity index (χ1n) is 5.39. The second kappa shape index (κ2) is 5.86. The van der Waals surface area contributed by atoms with Gasteiger partial charge in [-0.3, -0.25) is 9.59 Å². The fourth-order valence-corrected chi connectivity index (χ4v) is 1.32. The van der Waals surface area contributed by atoms with E-state index in [2.05, 4.69) is 5.32 Å². The Hall–Kier alpha value is -2.30. The number of anilines is 1. The van der Waals surface area contributed by atoms with Gasteiger partial charge in [-0.2, -0.15) is 0 Å². The number of aromatic hydroxyl groups is 1. The maximum Gasteiger partial charge on any atom is 0.221 e. The van der Waals surface area contributed by atoms with Crippen molar-refractivity contribution in [1.82, 2.24) is 4.90 Å². The molecule has 0 aliphatic rings. The maximum absolute atomic E-state index is 11.8. The Morgan fingerprint density at radius 3 is 2.56 bits per heavy atom. The molecule has 5 nitrogen and oxygen atoms in total. The molecule has 2 N–H and O–H groups in total. The van der Waals surface area contributed by atoms with E-state index in [4.69, 9.17) is 0 Å². The molecule has 1 rings (SSSR count). The van der Waals surface area contributed by atoms with Crippen molar-refractivity contribution in [2.75, 3.05) is 19.4 Å². The van der Waals surface area contributed by atoms with E-state index in [9.17, 15) is 14.7 Å². The van der Waals surface area contributed by atoms with E-state index in [1.807, 2.05) is 0 Å². The molecule has 1 amide bonds. The number of carbonyl (C=O) groups excluding carboxylic acids is 2. The van der Waals surface area contributed by atoms with Crippen LogP contribution in [-0.2, 0) is 4.79 Å². The highest BCUT2D eigenvalue weighted by Gasteiger charge is 2.09. The lowest BCUT2D eigenvalue weighted by Crippen LogP contribution is -2.07. The van der Waals surface area contributed by atoms with E-state index in [1.54, 1.807) is 25.2 Å². The van der Waals surface area contributed by atoms with E-state index >= 15 is 0 Å². The van der Waals surface area contributed by atoms with E-state index < -0.39 is 0 Å². The van der Waals surface area contributed by atoms with Gasteiger partial charge in [-0.25, -0.2) is 0 Å². The number of phenolic OH excluding ortho intramolecular Hbond substituents is 1. The summed E-state index contributed by atoms with van der Waals surface area (Å²) in [5.74, 6) is -0.672. The standard InChI is InChI=1S/C13H16N2O3/c1-9(16)14-10-4-5-12(17)11(8-10)13(18)6-7-15(2)3/h4-8,17H,1-3H3,(H,14,16). The van der Waals surface area contributed by atoms with Crippen molar-refractivity contribution in [1.29, 1.82) is 0 Å². The summed E-state index contributed by atoms with van der Waals surface area (Å²) in [7, 11) is 3.58. The summed E-state index contributed by atoms with van der Waals surface area (Å²) >= 11 is 0. The lowest BCUT2D eigenvalue weighted by atomic mass is 10.1. The molecule has 96 valence electrons. The first-order chi connectivity index (χ1) is 8.40. The Kier molecular flexibility index (Phi) is 4.48. The lowest BCUT2D eigenvalue weighted by Gasteiger charge is -2.07. The molecule has 0 atom stereocenters. The fourth-order valence-electron chi connectivity index (χ4n) is 1.32. The quantitative estimate of drug-likeness (QED) is 0.482. The third-order valence-corrected chi connectivity index (χ3v) is 2.11. The molecule has 0 fully saturated rings. The van der Waals surface area contributed by atoms with Gasteiger partial charge in [0.05, 0.1) is 5.56 Å². The van der Waals surface area contributed by atoms with Gasteiger partial charge in [-0.1, -0.05) is 0 Å². The molecule has 0 aliphatic heterocycles. The Bertz CT molecular complexity index is 493. The van der Waals surface area contributed by atoms with Crippen molar-refractivity contribution < 1.29 is 14.7 Å². The van der Waals surface area contributed by atoms with Gasteiger partial charge in [0.25, 0.3) is 0 Å². The van der Waals surface area contributed by atoms with Crippen LogP contribution < -0.4 is 5.32 Å². The molecule has 0 radical (unpaired) electrons. The molecule has 1 aromatic rings. The number of nitrogens with one attached hydrogen (secondary N) is 1.